The van der Waals surface area contributed by atoms with Crippen LogP contribution in [0.15, 0.2) is 40.9 Å². The number of unbranched alkanes of at least 4 members (excludes halogenated alkanes) is 2. The number of aromatic nitrogens is 5. The molecule has 33 heavy (non-hydrogen) atoms. The number of pyridine rings is 1. The SMILES string of the molecule is Cc1ccc(-c2nc(N)nc3c2cnn3Cc2cccc(OCCCCCC(=O)NO)n2)o1. The van der Waals surface area contributed by atoms with Crippen molar-refractivity contribution in [2.24, 2.45) is 0 Å². The molecule has 4 N–H and O–H groups in total. The molecule has 0 fully saturated rings. The zero-order valence-corrected chi connectivity index (χ0v) is 18.2. The molecule has 4 aromatic rings. The number of carbonyl (C=O) groups excluding carboxylic acids is 1. The standard InChI is InChI=1S/C22H25N7O4/c1-14-9-10-17(33-14)20-16-12-24-29(21(16)27-22(23)26-20)13-15-6-5-8-19(25-15)32-11-4-2-3-7-18(30)28-31/h5-6,8-10,12,31H,2-4,7,11,13H2,1H3,(H,28,30)(H2,23,26,27). The molecular formula is C22H25N7O4. The van der Waals surface area contributed by atoms with Gasteiger partial charge in [-0.3, -0.25) is 10.0 Å². The van der Waals surface area contributed by atoms with Crippen LogP contribution < -0.4 is 16.0 Å². The summed E-state index contributed by atoms with van der Waals surface area (Å²) < 4.78 is 13.2. The summed E-state index contributed by atoms with van der Waals surface area (Å²) in [6.07, 6.45) is 4.25. The second-order valence-corrected chi connectivity index (χ2v) is 7.54. The van der Waals surface area contributed by atoms with Crippen molar-refractivity contribution in [2.45, 2.75) is 39.2 Å². The van der Waals surface area contributed by atoms with Gasteiger partial charge in [-0.1, -0.05) is 6.07 Å². The Kier molecular flexibility index (Phi) is 6.79. The highest BCUT2D eigenvalue weighted by atomic mass is 16.5. The van der Waals surface area contributed by atoms with Gasteiger partial charge in [0.15, 0.2) is 11.4 Å². The lowest BCUT2D eigenvalue weighted by atomic mass is 10.2. The Morgan fingerprint density at radius 3 is 2.85 bits per heavy atom. The van der Waals surface area contributed by atoms with Gasteiger partial charge in [-0.05, 0) is 44.4 Å². The number of fused-ring (bicyclic) bond motifs is 1. The first-order valence-corrected chi connectivity index (χ1v) is 10.6. The van der Waals surface area contributed by atoms with Crippen LogP contribution in [0.3, 0.4) is 0 Å². The first-order chi connectivity index (χ1) is 16.0. The zero-order valence-electron chi connectivity index (χ0n) is 18.2. The highest BCUT2D eigenvalue weighted by Crippen LogP contribution is 2.28. The van der Waals surface area contributed by atoms with E-state index in [0.717, 1.165) is 29.7 Å². The second kappa shape index (κ2) is 10.1. The topological polar surface area (TPSA) is 154 Å². The summed E-state index contributed by atoms with van der Waals surface area (Å²) in [6, 6.07) is 9.26. The van der Waals surface area contributed by atoms with Crippen molar-refractivity contribution < 1.29 is 19.2 Å². The van der Waals surface area contributed by atoms with Crippen molar-refractivity contribution in [3.05, 3.63) is 48.0 Å². The highest BCUT2D eigenvalue weighted by Gasteiger charge is 2.16. The molecule has 4 aromatic heterocycles. The van der Waals surface area contributed by atoms with Crippen molar-refractivity contribution in [3.63, 3.8) is 0 Å². The summed E-state index contributed by atoms with van der Waals surface area (Å²) in [4.78, 5) is 24.2. The van der Waals surface area contributed by atoms with E-state index in [2.05, 4.69) is 20.1 Å². The number of anilines is 1. The van der Waals surface area contributed by atoms with E-state index in [4.69, 9.17) is 20.1 Å². The summed E-state index contributed by atoms with van der Waals surface area (Å²) in [5.74, 6) is 1.65. The van der Waals surface area contributed by atoms with E-state index in [9.17, 15) is 4.79 Å². The molecule has 0 aliphatic carbocycles. The van der Waals surface area contributed by atoms with Gasteiger partial charge >= 0.3 is 0 Å². The Bertz CT molecular complexity index is 1250. The van der Waals surface area contributed by atoms with Gasteiger partial charge in [-0.2, -0.15) is 10.1 Å². The number of nitrogens with two attached hydrogens (primary N) is 1. The summed E-state index contributed by atoms with van der Waals surface area (Å²) in [5.41, 5.74) is 9.52. The Morgan fingerprint density at radius 2 is 2.06 bits per heavy atom. The second-order valence-electron chi connectivity index (χ2n) is 7.54. The van der Waals surface area contributed by atoms with Gasteiger partial charge in [0.2, 0.25) is 17.7 Å². The molecule has 0 radical (unpaired) electrons. The number of nitrogens with one attached hydrogen (secondary N) is 1. The lowest BCUT2D eigenvalue weighted by Crippen LogP contribution is -2.17. The van der Waals surface area contributed by atoms with Crippen LogP contribution in [0.25, 0.3) is 22.5 Å². The number of furan rings is 1. The van der Waals surface area contributed by atoms with Crippen molar-refractivity contribution in [1.29, 1.82) is 0 Å². The summed E-state index contributed by atoms with van der Waals surface area (Å²) >= 11 is 0. The van der Waals surface area contributed by atoms with E-state index in [1.165, 1.54) is 0 Å². The molecule has 1 amide bonds. The molecule has 0 atom stereocenters. The average molecular weight is 451 g/mol. The van der Waals surface area contributed by atoms with Crippen LogP contribution in [0.1, 0.15) is 37.1 Å². The van der Waals surface area contributed by atoms with Crippen LogP contribution in [0.2, 0.25) is 0 Å². The first kappa shape index (κ1) is 22.2. The quantitative estimate of drug-likeness (QED) is 0.187. The van der Waals surface area contributed by atoms with Crippen molar-refractivity contribution in [3.8, 4) is 17.3 Å². The highest BCUT2D eigenvalue weighted by molar-refractivity contribution is 5.89. The number of amides is 1. The number of carbonyl (C=O) groups is 1. The summed E-state index contributed by atoms with van der Waals surface area (Å²) in [6.45, 7) is 2.73. The fourth-order valence-electron chi connectivity index (χ4n) is 3.41. The minimum absolute atomic E-state index is 0.134. The minimum atomic E-state index is -0.380. The predicted octanol–water partition coefficient (Wildman–Crippen LogP) is 2.86. The van der Waals surface area contributed by atoms with E-state index in [1.807, 2.05) is 31.2 Å². The molecule has 0 saturated carbocycles. The van der Waals surface area contributed by atoms with E-state index < -0.39 is 0 Å². The third-order valence-electron chi connectivity index (χ3n) is 5.00. The van der Waals surface area contributed by atoms with Gasteiger partial charge < -0.3 is 14.9 Å². The van der Waals surface area contributed by atoms with Gasteiger partial charge in [0, 0.05) is 12.5 Å². The molecule has 4 heterocycles. The smallest absolute Gasteiger partial charge is 0.243 e. The first-order valence-electron chi connectivity index (χ1n) is 10.6. The van der Waals surface area contributed by atoms with Crippen LogP contribution in [-0.2, 0) is 11.3 Å². The molecule has 0 bridgehead atoms. The fraction of sp³-hybridized carbons (Fsp3) is 0.318. The maximum atomic E-state index is 11.0. The predicted molar refractivity (Wildman–Crippen MR) is 119 cm³/mol. The van der Waals surface area contributed by atoms with Gasteiger partial charge in [0.1, 0.15) is 11.5 Å². The normalized spacial score (nSPS) is 11.1. The molecule has 0 aliphatic heterocycles. The zero-order chi connectivity index (χ0) is 23.2. The van der Waals surface area contributed by atoms with Gasteiger partial charge in [0.05, 0.1) is 30.4 Å². The van der Waals surface area contributed by atoms with E-state index in [-0.39, 0.29) is 18.3 Å². The molecule has 0 aliphatic rings. The Labute approximate surface area is 189 Å². The fourth-order valence-corrected chi connectivity index (χ4v) is 3.41. The Hall–Kier alpha value is -3.99. The monoisotopic (exact) mass is 451 g/mol. The van der Waals surface area contributed by atoms with Crippen LogP contribution in [-0.4, -0.2) is 42.5 Å². The van der Waals surface area contributed by atoms with Crippen LogP contribution >= 0.6 is 0 Å². The molecule has 0 unspecified atom stereocenters. The van der Waals surface area contributed by atoms with Crippen molar-refractivity contribution in [1.82, 2.24) is 30.2 Å². The third-order valence-corrected chi connectivity index (χ3v) is 5.00. The van der Waals surface area contributed by atoms with E-state index in [1.54, 1.807) is 22.4 Å². The van der Waals surface area contributed by atoms with Gasteiger partial charge in [0.25, 0.3) is 0 Å². The number of aryl methyl sites for hydroxylation is 1. The minimum Gasteiger partial charge on any atom is -0.478 e. The molecule has 0 saturated heterocycles. The van der Waals surface area contributed by atoms with Gasteiger partial charge in [-0.15, -0.1) is 0 Å². The van der Waals surface area contributed by atoms with Crippen LogP contribution in [0.5, 0.6) is 5.88 Å². The molecule has 172 valence electrons. The van der Waals surface area contributed by atoms with Crippen molar-refractivity contribution >= 4 is 22.9 Å². The largest absolute Gasteiger partial charge is 0.478 e. The number of ether oxygens (including phenoxy) is 1. The van der Waals surface area contributed by atoms with E-state index in [0.29, 0.717) is 42.6 Å². The third kappa shape index (κ3) is 5.44. The Morgan fingerprint density at radius 1 is 1.18 bits per heavy atom. The molecule has 11 nitrogen and oxygen atoms in total. The molecule has 0 spiro atoms. The number of hydrogen-bond donors (Lipinski definition) is 3. The number of hydroxylamine groups is 1. The summed E-state index contributed by atoms with van der Waals surface area (Å²) in [5, 5.41) is 13.7. The van der Waals surface area contributed by atoms with Gasteiger partial charge in [-0.25, -0.2) is 20.1 Å². The summed E-state index contributed by atoms with van der Waals surface area (Å²) in [7, 11) is 0. The number of hydrogen-bond acceptors (Lipinski definition) is 9. The van der Waals surface area contributed by atoms with Crippen molar-refractivity contribution in [2.75, 3.05) is 12.3 Å². The maximum Gasteiger partial charge on any atom is 0.243 e. The maximum absolute atomic E-state index is 11.0. The van der Waals surface area contributed by atoms with Crippen LogP contribution in [0, 0.1) is 6.92 Å². The molecule has 4 rings (SSSR count). The lowest BCUT2D eigenvalue weighted by molar-refractivity contribution is -0.129. The number of rotatable bonds is 10. The molecule has 11 heteroatoms. The number of nitrogens with zero attached hydrogens (tertiary/aromatic N) is 5. The molecular weight excluding hydrogens is 426 g/mol. The molecule has 0 aromatic carbocycles. The van der Waals surface area contributed by atoms with Crippen LogP contribution in [0.4, 0.5) is 5.95 Å². The average Bonchev–Trinajstić information content (AvgIpc) is 3.42. The number of nitrogen functional groups attached to an aromatic ring is 1. The lowest BCUT2D eigenvalue weighted by Gasteiger charge is -2.08. The van der Waals surface area contributed by atoms with E-state index >= 15 is 0 Å². The Balaban J connectivity index is 1.43.